The van der Waals surface area contributed by atoms with Gasteiger partial charge in [-0.15, -0.1) is 0 Å². The van der Waals surface area contributed by atoms with Crippen LogP contribution in [0.5, 0.6) is 5.75 Å². The maximum atomic E-state index is 12.0. The number of methoxy groups -OCH3 is 1. The smallest absolute Gasteiger partial charge is 0.326 e. The summed E-state index contributed by atoms with van der Waals surface area (Å²) in [6, 6.07) is 5.55. The van der Waals surface area contributed by atoms with Crippen molar-refractivity contribution in [2.75, 3.05) is 12.0 Å². The highest BCUT2D eigenvalue weighted by Gasteiger charge is 2.42. The molecule has 0 aliphatic carbocycles. The third-order valence-electron chi connectivity index (χ3n) is 4.91. The van der Waals surface area contributed by atoms with Gasteiger partial charge in [0.2, 0.25) is 0 Å². The number of carboxylic acids is 1. The molecule has 0 aromatic heterocycles. The van der Waals surface area contributed by atoms with Crippen molar-refractivity contribution >= 4 is 11.7 Å². The first-order valence-electron chi connectivity index (χ1n) is 8.52. The summed E-state index contributed by atoms with van der Waals surface area (Å²) in [5, 5.41) is 9.83. The molecule has 0 radical (unpaired) electrons. The zero-order valence-electron chi connectivity index (χ0n) is 14.9. The lowest BCUT2D eigenvalue weighted by Crippen LogP contribution is -2.56. The van der Waals surface area contributed by atoms with Crippen LogP contribution in [0.3, 0.4) is 0 Å². The second-order valence-electron chi connectivity index (χ2n) is 7.21. The summed E-state index contributed by atoms with van der Waals surface area (Å²) in [4.78, 5) is 14.1. The van der Waals surface area contributed by atoms with Crippen LogP contribution in [-0.2, 0) is 4.79 Å². The van der Waals surface area contributed by atoms with E-state index in [0.717, 1.165) is 30.7 Å². The van der Waals surface area contributed by atoms with Gasteiger partial charge in [0.25, 0.3) is 0 Å². The second-order valence-corrected chi connectivity index (χ2v) is 7.21. The van der Waals surface area contributed by atoms with Crippen molar-refractivity contribution in [3.05, 3.63) is 23.8 Å². The Balaban J connectivity index is 2.54. The number of nitrogens with zero attached hydrogens (tertiary/aromatic N) is 1. The molecule has 0 fully saturated rings. The van der Waals surface area contributed by atoms with Gasteiger partial charge in [0.05, 0.1) is 7.11 Å². The van der Waals surface area contributed by atoms with Gasteiger partial charge in [-0.3, -0.25) is 0 Å². The molecule has 1 heterocycles. The molecular formula is C19H29NO3. The summed E-state index contributed by atoms with van der Waals surface area (Å²) in [7, 11) is 1.65. The lowest BCUT2D eigenvalue weighted by molar-refractivity contribution is -0.139. The Morgan fingerprint density at radius 3 is 2.74 bits per heavy atom. The number of fused-ring (bicyclic) bond motifs is 1. The number of anilines is 1. The molecule has 1 aromatic carbocycles. The summed E-state index contributed by atoms with van der Waals surface area (Å²) in [6.45, 7) is 8.60. The summed E-state index contributed by atoms with van der Waals surface area (Å²) in [6.07, 6.45) is 3.53. The summed E-state index contributed by atoms with van der Waals surface area (Å²) < 4.78 is 5.38. The van der Waals surface area contributed by atoms with Gasteiger partial charge in [-0.2, -0.15) is 0 Å². The monoisotopic (exact) mass is 319 g/mol. The predicted octanol–water partition coefficient (Wildman–Crippen LogP) is 4.43. The Kier molecular flexibility index (Phi) is 5.23. The zero-order chi connectivity index (χ0) is 17.2. The SMILES string of the molecule is CCCC[C@H](C(=O)O)N1c2cc(OC)ccc2[C@@H](C)CC1(C)C. The van der Waals surface area contributed by atoms with Crippen molar-refractivity contribution in [2.24, 2.45) is 0 Å². The fraction of sp³-hybridized carbons (Fsp3) is 0.632. The van der Waals surface area contributed by atoms with E-state index in [9.17, 15) is 9.90 Å². The van der Waals surface area contributed by atoms with Crippen LogP contribution in [-0.4, -0.2) is 29.8 Å². The van der Waals surface area contributed by atoms with Gasteiger partial charge in [-0.05, 0) is 44.2 Å². The zero-order valence-corrected chi connectivity index (χ0v) is 14.9. The third-order valence-corrected chi connectivity index (χ3v) is 4.91. The van der Waals surface area contributed by atoms with Crippen LogP contribution in [0.4, 0.5) is 5.69 Å². The highest BCUT2D eigenvalue weighted by molar-refractivity contribution is 5.80. The van der Waals surface area contributed by atoms with E-state index in [2.05, 4.69) is 38.7 Å². The van der Waals surface area contributed by atoms with Crippen LogP contribution in [0, 0.1) is 0 Å². The van der Waals surface area contributed by atoms with E-state index in [-0.39, 0.29) is 5.54 Å². The molecule has 0 saturated heterocycles. The van der Waals surface area contributed by atoms with Gasteiger partial charge < -0.3 is 14.7 Å². The largest absolute Gasteiger partial charge is 0.497 e. The number of aliphatic carboxylic acids is 1. The van der Waals surface area contributed by atoms with Gasteiger partial charge in [0, 0.05) is 17.3 Å². The van der Waals surface area contributed by atoms with Crippen molar-refractivity contribution in [3.63, 3.8) is 0 Å². The number of ether oxygens (including phenoxy) is 1. The van der Waals surface area contributed by atoms with Gasteiger partial charge in [-0.1, -0.05) is 32.8 Å². The Bertz CT molecular complexity index is 568. The van der Waals surface area contributed by atoms with Crippen molar-refractivity contribution in [2.45, 2.75) is 70.9 Å². The topological polar surface area (TPSA) is 49.8 Å². The average Bonchev–Trinajstić information content (AvgIpc) is 2.48. The van der Waals surface area contributed by atoms with E-state index in [1.54, 1.807) is 7.11 Å². The molecule has 23 heavy (non-hydrogen) atoms. The summed E-state index contributed by atoms with van der Waals surface area (Å²) in [5.74, 6) is 0.441. The first kappa shape index (κ1) is 17.6. The minimum atomic E-state index is -0.741. The molecule has 4 heteroatoms. The van der Waals surface area contributed by atoms with Crippen LogP contribution < -0.4 is 9.64 Å². The molecule has 1 aromatic rings. The molecule has 1 N–H and O–H groups in total. The predicted molar refractivity (Wildman–Crippen MR) is 93.5 cm³/mol. The van der Waals surface area contributed by atoms with Crippen molar-refractivity contribution in [1.29, 1.82) is 0 Å². The van der Waals surface area contributed by atoms with Crippen molar-refractivity contribution in [3.8, 4) is 5.75 Å². The molecule has 2 atom stereocenters. The minimum Gasteiger partial charge on any atom is -0.497 e. The molecule has 0 unspecified atom stereocenters. The number of benzene rings is 1. The van der Waals surface area contributed by atoms with E-state index in [1.165, 1.54) is 5.56 Å². The lowest BCUT2D eigenvalue weighted by atomic mass is 9.78. The molecule has 0 amide bonds. The fourth-order valence-corrected chi connectivity index (χ4v) is 3.91. The van der Waals surface area contributed by atoms with Crippen molar-refractivity contribution < 1.29 is 14.6 Å². The fourth-order valence-electron chi connectivity index (χ4n) is 3.91. The van der Waals surface area contributed by atoms with E-state index >= 15 is 0 Å². The van der Waals surface area contributed by atoms with Gasteiger partial charge in [-0.25, -0.2) is 4.79 Å². The molecule has 1 aliphatic heterocycles. The van der Waals surface area contributed by atoms with E-state index < -0.39 is 12.0 Å². The molecule has 0 saturated carbocycles. The molecular weight excluding hydrogens is 290 g/mol. The van der Waals surface area contributed by atoms with Gasteiger partial charge >= 0.3 is 5.97 Å². The summed E-state index contributed by atoms with van der Waals surface area (Å²) >= 11 is 0. The van der Waals surface area contributed by atoms with Gasteiger partial charge in [0.1, 0.15) is 11.8 Å². The first-order valence-corrected chi connectivity index (χ1v) is 8.52. The Morgan fingerprint density at radius 2 is 2.17 bits per heavy atom. The average molecular weight is 319 g/mol. The van der Waals surface area contributed by atoms with Crippen LogP contribution in [0.1, 0.15) is 64.9 Å². The maximum Gasteiger partial charge on any atom is 0.326 e. The Labute approximate surface area is 139 Å². The Hall–Kier alpha value is -1.71. The molecule has 128 valence electrons. The molecule has 0 spiro atoms. The summed E-state index contributed by atoms with van der Waals surface area (Å²) in [5.41, 5.74) is 2.03. The van der Waals surface area contributed by atoms with Crippen LogP contribution in [0.15, 0.2) is 18.2 Å². The standard InChI is InChI=1S/C19H29NO3/c1-6-7-8-16(18(21)22)20-17-11-14(23-5)9-10-15(17)13(2)12-19(20,3)4/h9-11,13,16H,6-8,12H2,1-5H3,(H,21,22)/t13-,16+/m0/s1. The normalized spacial score (nSPS) is 20.7. The third kappa shape index (κ3) is 3.46. The van der Waals surface area contributed by atoms with Gasteiger partial charge in [0.15, 0.2) is 0 Å². The van der Waals surface area contributed by atoms with Crippen LogP contribution >= 0.6 is 0 Å². The quantitative estimate of drug-likeness (QED) is 0.842. The van der Waals surface area contributed by atoms with Crippen LogP contribution in [0.2, 0.25) is 0 Å². The molecule has 0 bridgehead atoms. The minimum absolute atomic E-state index is 0.199. The second kappa shape index (κ2) is 6.81. The number of rotatable bonds is 6. The number of hydrogen-bond acceptors (Lipinski definition) is 3. The first-order chi connectivity index (χ1) is 10.8. The van der Waals surface area contributed by atoms with E-state index in [4.69, 9.17) is 4.74 Å². The van der Waals surface area contributed by atoms with Crippen molar-refractivity contribution in [1.82, 2.24) is 0 Å². The number of carbonyl (C=O) groups is 1. The molecule has 1 aliphatic rings. The molecule has 4 nitrogen and oxygen atoms in total. The van der Waals surface area contributed by atoms with E-state index in [0.29, 0.717) is 12.3 Å². The highest BCUT2D eigenvalue weighted by atomic mass is 16.5. The van der Waals surface area contributed by atoms with E-state index in [1.807, 2.05) is 12.1 Å². The maximum absolute atomic E-state index is 12.0. The molecule has 2 rings (SSSR count). The van der Waals surface area contributed by atoms with Crippen LogP contribution in [0.25, 0.3) is 0 Å². The number of hydrogen-bond donors (Lipinski definition) is 1. The highest BCUT2D eigenvalue weighted by Crippen LogP contribution is 2.46. The Morgan fingerprint density at radius 1 is 1.48 bits per heavy atom. The number of carboxylic acid groups (broad SMARTS) is 1. The lowest BCUT2D eigenvalue weighted by Gasteiger charge is -2.50. The number of unbranched alkanes of at least 4 members (excludes halogenated alkanes) is 1.